The van der Waals surface area contributed by atoms with Crippen molar-refractivity contribution in [1.29, 1.82) is 0 Å². The summed E-state index contributed by atoms with van der Waals surface area (Å²) >= 11 is 0. The normalized spacial score (nSPS) is 18.6. The largest absolute Gasteiger partial charge is 0.351 e. The van der Waals surface area contributed by atoms with E-state index in [0.717, 1.165) is 0 Å². The highest BCUT2D eigenvalue weighted by Gasteiger charge is 2.05. The van der Waals surface area contributed by atoms with Crippen LogP contribution in [0.4, 0.5) is 4.79 Å². The summed E-state index contributed by atoms with van der Waals surface area (Å²) in [5.74, 6) is 0. The molecular formula is C6H9NOS. The van der Waals surface area contributed by atoms with Crippen LogP contribution in [-0.2, 0) is 0 Å². The Balaban J connectivity index is 2.53. The molecule has 1 heterocycles. The average Bonchev–Trinajstić information content (AvgIpc) is 2.37. The Morgan fingerprint density at radius 1 is 1.44 bits per heavy atom. The summed E-state index contributed by atoms with van der Waals surface area (Å²) < 4.78 is 0. The second-order valence-corrected chi connectivity index (χ2v) is 3.46. The maximum Gasteiger partial charge on any atom is 0.265 e. The Morgan fingerprint density at radius 2 is 2.00 bits per heavy atom. The molecule has 0 spiro atoms. The number of allylic oxidation sites excluding steroid dienone is 2. The lowest BCUT2D eigenvalue weighted by atomic mass is 10.6. The van der Waals surface area contributed by atoms with Crippen LogP contribution in [0.5, 0.6) is 0 Å². The predicted octanol–water partition coefficient (Wildman–Crippen LogP) is 1.37. The second kappa shape index (κ2) is 2.73. The van der Waals surface area contributed by atoms with Gasteiger partial charge >= 0.3 is 0 Å². The molecule has 0 atom stereocenters. The molecule has 0 saturated carbocycles. The zero-order chi connectivity index (χ0) is 6.69. The summed E-state index contributed by atoms with van der Waals surface area (Å²) in [5, 5.41) is 6.56. The topological polar surface area (TPSA) is 29.1 Å². The van der Waals surface area contributed by atoms with Crippen molar-refractivity contribution in [3.63, 3.8) is 0 Å². The van der Waals surface area contributed by atoms with Crippen LogP contribution in [0.1, 0.15) is 0 Å². The van der Waals surface area contributed by atoms with Gasteiger partial charge in [-0.15, -0.1) is 10.9 Å². The van der Waals surface area contributed by atoms with Crippen LogP contribution in [-0.4, -0.2) is 12.3 Å². The molecule has 0 aromatic rings. The minimum atomic E-state index is -0.618. The van der Waals surface area contributed by atoms with Crippen LogP contribution in [0.3, 0.4) is 0 Å². The molecular weight excluding hydrogens is 134 g/mol. The third-order valence-corrected chi connectivity index (χ3v) is 2.73. The van der Waals surface area contributed by atoms with E-state index in [4.69, 9.17) is 0 Å². The van der Waals surface area contributed by atoms with E-state index < -0.39 is 10.9 Å². The number of nitrogens with one attached hydrogen (secondary N) is 1. The summed E-state index contributed by atoms with van der Waals surface area (Å²) in [6.45, 7) is 0. The molecule has 50 valence electrons. The van der Waals surface area contributed by atoms with Crippen molar-refractivity contribution in [2.24, 2.45) is 0 Å². The molecule has 2 nitrogen and oxygen atoms in total. The van der Waals surface area contributed by atoms with Gasteiger partial charge in [0.1, 0.15) is 0 Å². The van der Waals surface area contributed by atoms with Gasteiger partial charge in [0.2, 0.25) is 0 Å². The first-order chi connectivity index (χ1) is 4.34. The van der Waals surface area contributed by atoms with Crippen LogP contribution in [0.2, 0.25) is 0 Å². The van der Waals surface area contributed by atoms with E-state index in [0.29, 0.717) is 0 Å². The van der Waals surface area contributed by atoms with Gasteiger partial charge in [0.25, 0.3) is 5.24 Å². The molecule has 1 aliphatic heterocycles. The van der Waals surface area contributed by atoms with E-state index in [9.17, 15) is 4.79 Å². The number of thiol groups is 1. The van der Waals surface area contributed by atoms with E-state index in [1.807, 2.05) is 23.0 Å². The first kappa shape index (κ1) is 6.42. The molecule has 0 unspecified atom stereocenters. The van der Waals surface area contributed by atoms with Gasteiger partial charge in [-0.2, -0.15) is 0 Å². The Morgan fingerprint density at radius 3 is 2.44 bits per heavy atom. The van der Waals surface area contributed by atoms with Crippen molar-refractivity contribution in [1.82, 2.24) is 5.32 Å². The van der Waals surface area contributed by atoms with Crippen molar-refractivity contribution in [3.05, 3.63) is 23.0 Å². The minimum Gasteiger partial charge on any atom is -0.351 e. The highest BCUT2D eigenvalue weighted by atomic mass is 32.2. The predicted molar refractivity (Wildman–Crippen MR) is 41.7 cm³/mol. The lowest BCUT2D eigenvalue weighted by Gasteiger charge is -2.05. The maximum absolute atomic E-state index is 10.8. The quantitative estimate of drug-likeness (QED) is 0.493. The molecule has 0 aromatic heterocycles. The van der Waals surface area contributed by atoms with Crippen molar-refractivity contribution in [2.45, 2.75) is 0 Å². The second-order valence-electron chi connectivity index (χ2n) is 1.65. The first-order valence-electron chi connectivity index (χ1n) is 2.69. The molecule has 0 bridgehead atoms. The van der Waals surface area contributed by atoms with Gasteiger partial charge in [-0.1, -0.05) is 12.2 Å². The molecule has 1 aliphatic rings. The van der Waals surface area contributed by atoms with E-state index in [1.165, 1.54) is 0 Å². The number of hydrogen-bond acceptors (Lipinski definition) is 1. The molecule has 0 saturated heterocycles. The van der Waals surface area contributed by atoms with Crippen molar-refractivity contribution < 1.29 is 4.79 Å². The highest BCUT2D eigenvalue weighted by Crippen LogP contribution is 2.32. The van der Waals surface area contributed by atoms with Gasteiger partial charge in [-0.05, 0) is 10.8 Å². The lowest BCUT2D eigenvalue weighted by Crippen LogP contribution is -2.13. The number of amides is 1. The standard InChI is InChI=1S/C6H9NOS/c1-7-6(8)9-4-2-3-5-9/h2-5,9H,1H3,(H,7,8). The van der Waals surface area contributed by atoms with Crippen LogP contribution < -0.4 is 5.32 Å². The first-order valence-corrected chi connectivity index (χ1v) is 4.17. The van der Waals surface area contributed by atoms with Gasteiger partial charge in [0.05, 0.1) is 0 Å². The molecule has 1 rings (SSSR count). The SMILES string of the molecule is CNC(=O)[SH]1C=CC=C1. The van der Waals surface area contributed by atoms with Crippen molar-refractivity contribution in [3.8, 4) is 0 Å². The fourth-order valence-corrected chi connectivity index (χ4v) is 1.80. The van der Waals surface area contributed by atoms with Crippen LogP contribution >= 0.6 is 10.9 Å². The number of carbonyl (C=O) groups excluding carboxylic acids is 1. The van der Waals surface area contributed by atoms with Gasteiger partial charge in [0.15, 0.2) is 0 Å². The summed E-state index contributed by atoms with van der Waals surface area (Å²) in [4.78, 5) is 10.8. The van der Waals surface area contributed by atoms with E-state index in [2.05, 4.69) is 5.32 Å². The Kier molecular flexibility index (Phi) is 1.95. The average molecular weight is 143 g/mol. The minimum absolute atomic E-state index is 0.120. The molecule has 0 aromatic carbocycles. The summed E-state index contributed by atoms with van der Waals surface area (Å²) in [7, 11) is 1.04. The van der Waals surface area contributed by atoms with Gasteiger partial charge in [-0.3, -0.25) is 4.79 Å². The monoisotopic (exact) mass is 143 g/mol. The third-order valence-electron chi connectivity index (χ3n) is 1.05. The molecule has 1 N–H and O–H groups in total. The smallest absolute Gasteiger partial charge is 0.265 e. The lowest BCUT2D eigenvalue weighted by molar-refractivity contribution is 0.262. The van der Waals surface area contributed by atoms with Crippen LogP contribution in [0.15, 0.2) is 23.0 Å². The highest BCUT2D eigenvalue weighted by molar-refractivity contribution is 8.34. The molecule has 0 aliphatic carbocycles. The van der Waals surface area contributed by atoms with E-state index in [1.54, 1.807) is 7.05 Å². The summed E-state index contributed by atoms with van der Waals surface area (Å²) in [6.07, 6.45) is 3.81. The van der Waals surface area contributed by atoms with Gasteiger partial charge in [-0.25, -0.2) is 0 Å². The van der Waals surface area contributed by atoms with Crippen LogP contribution in [0.25, 0.3) is 0 Å². The number of carbonyl (C=O) groups is 1. The molecule has 3 heteroatoms. The molecule has 1 amide bonds. The molecule has 9 heavy (non-hydrogen) atoms. The van der Waals surface area contributed by atoms with E-state index >= 15 is 0 Å². The van der Waals surface area contributed by atoms with Crippen LogP contribution in [0, 0.1) is 0 Å². The maximum atomic E-state index is 10.8. The third kappa shape index (κ3) is 1.36. The Hall–Kier alpha value is -0.700. The fraction of sp³-hybridized carbons (Fsp3) is 0.167. The van der Waals surface area contributed by atoms with Crippen molar-refractivity contribution in [2.75, 3.05) is 7.05 Å². The molecule has 0 fully saturated rings. The van der Waals surface area contributed by atoms with E-state index in [-0.39, 0.29) is 5.24 Å². The molecule has 0 radical (unpaired) electrons. The van der Waals surface area contributed by atoms with Gasteiger partial charge < -0.3 is 5.32 Å². The number of rotatable bonds is 0. The van der Waals surface area contributed by atoms with Gasteiger partial charge in [0, 0.05) is 7.05 Å². The summed E-state index contributed by atoms with van der Waals surface area (Å²) in [6, 6.07) is 0. The Labute approximate surface area is 57.0 Å². The zero-order valence-corrected chi connectivity index (χ0v) is 6.06. The zero-order valence-electron chi connectivity index (χ0n) is 5.16. The van der Waals surface area contributed by atoms with Crippen molar-refractivity contribution >= 4 is 16.1 Å². The summed E-state index contributed by atoms with van der Waals surface area (Å²) in [5.41, 5.74) is 0. The Bertz CT molecular complexity index is 162. The number of hydrogen-bond donors (Lipinski definition) is 2. The fourth-order valence-electron chi connectivity index (χ4n) is 0.599.